The molecule has 0 bridgehead atoms. The minimum atomic E-state index is 0.170. The number of hydrogen-bond donors (Lipinski definition) is 1. The lowest BCUT2D eigenvalue weighted by atomic mass is 9.97. The number of furan rings is 1. The molecule has 3 heteroatoms. The minimum absolute atomic E-state index is 0.170. The fourth-order valence-electron chi connectivity index (χ4n) is 2.82. The number of rotatable bonds is 3. The van der Waals surface area contributed by atoms with Gasteiger partial charge in [-0.25, -0.2) is 0 Å². The van der Waals surface area contributed by atoms with E-state index in [2.05, 4.69) is 29.6 Å². The highest BCUT2D eigenvalue weighted by molar-refractivity contribution is 5.44. The highest BCUT2D eigenvalue weighted by Crippen LogP contribution is 2.32. The van der Waals surface area contributed by atoms with E-state index in [1.807, 2.05) is 20.9 Å². The van der Waals surface area contributed by atoms with Crippen molar-refractivity contribution in [3.63, 3.8) is 0 Å². The van der Waals surface area contributed by atoms with Gasteiger partial charge in [-0.05, 0) is 44.2 Å². The molecule has 1 aliphatic heterocycles. The molecular weight excluding hydrogens is 238 g/mol. The Morgan fingerprint density at radius 3 is 2.74 bits per heavy atom. The minimum Gasteiger partial charge on any atom is -0.493 e. The molecule has 19 heavy (non-hydrogen) atoms. The maximum atomic E-state index is 5.65. The van der Waals surface area contributed by atoms with Crippen molar-refractivity contribution in [2.24, 2.45) is 0 Å². The summed E-state index contributed by atoms with van der Waals surface area (Å²) in [6.45, 7) is 4.80. The highest BCUT2D eigenvalue weighted by atomic mass is 16.5. The molecule has 1 aliphatic rings. The van der Waals surface area contributed by atoms with E-state index in [0.717, 1.165) is 30.3 Å². The summed E-state index contributed by atoms with van der Waals surface area (Å²) in [5, 5.41) is 3.38. The number of aryl methyl sites for hydroxylation is 2. The van der Waals surface area contributed by atoms with E-state index in [4.69, 9.17) is 9.15 Å². The van der Waals surface area contributed by atoms with Crippen molar-refractivity contribution in [2.45, 2.75) is 26.3 Å². The molecule has 1 N–H and O–H groups in total. The lowest BCUT2D eigenvalue weighted by Gasteiger charge is -2.17. The predicted molar refractivity (Wildman–Crippen MR) is 74.7 cm³/mol. The molecule has 1 atom stereocenters. The van der Waals surface area contributed by atoms with Crippen molar-refractivity contribution in [1.29, 1.82) is 0 Å². The molecule has 1 aromatic carbocycles. The lowest BCUT2D eigenvalue weighted by Crippen LogP contribution is -2.18. The molecule has 3 rings (SSSR count). The molecule has 100 valence electrons. The summed E-state index contributed by atoms with van der Waals surface area (Å²) in [6, 6.07) is 8.73. The predicted octanol–water partition coefficient (Wildman–Crippen LogP) is 3.14. The van der Waals surface area contributed by atoms with Crippen LogP contribution in [0.2, 0.25) is 0 Å². The standard InChI is InChI=1S/C16H19NO2/c1-10-8-14(11(2)19-10)16(17-3)13-4-5-15-12(9-13)6-7-18-15/h4-5,8-9,16-17H,6-7H2,1-3H3. The molecule has 1 unspecified atom stereocenters. The molecule has 0 saturated heterocycles. The van der Waals surface area contributed by atoms with Crippen LogP contribution in [0.4, 0.5) is 0 Å². The largest absolute Gasteiger partial charge is 0.493 e. The molecule has 1 aromatic heterocycles. The first-order valence-corrected chi connectivity index (χ1v) is 6.69. The van der Waals surface area contributed by atoms with Crippen LogP contribution in [-0.2, 0) is 6.42 Å². The van der Waals surface area contributed by atoms with Gasteiger partial charge in [0.2, 0.25) is 0 Å². The Morgan fingerprint density at radius 1 is 1.21 bits per heavy atom. The SMILES string of the molecule is CNC(c1ccc2c(c1)CCO2)c1cc(C)oc1C. The van der Waals surface area contributed by atoms with Gasteiger partial charge in [-0.15, -0.1) is 0 Å². The Morgan fingerprint density at radius 2 is 2.05 bits per heavy atom. The fraction of sp³-hybridized carbons (Fsp3) is 0.375. The van der Waals surface area contributed by atoms with E-state index >= 15 is 0 Å². The van der Waals surface area contributed by atoms with Gasteiger partial charge in [0.05, 0.1) is 12.6 Å². The first-order chi connectivity index (χ1) is 9.19. The molecule has 2 heterocycles. The lowest BCUT2D eigenvalue weighted by molar-refractivity contribution is 0.357. The summed E-state index contributed by atoms with van der Waals surface area (Å²) in [7, 11) is 1.98. The summed E-state index contributed by atoms with van der Waals surface area (Å²) in [5.74, 6) is 2.96. The van der Waals surface area contributed by atoms with Crippen molar-refractivity contribution in [1.82, 2.24) is 5.32 Å². The van der Waals surface area contributed by atoms with Gasteiger partial charge in [-0.2, -0.15) is 0 Å². The molecule has 0 aliphatic carbocycles. The maximum absolute atomic E-state index is 5.65. The second-order valence-electron chi connectivity index (χ2n) is 5.06. The van der Waals surface area contributed by atoms with Crippen molar-refractivity contribution >= 4 is 0 Å². The molecule has 0 amide bonds. The topological polar surface area (TPSA) is 34.4 Å². The molecule has 2 aromatic rings. The average molecular weight is 257 g/mol. The van der Waals surface area contributed by atoms with E-state index in [9.17, 15) is 0 Å². The summed E-state index contributed by atoms with van der Waals surface area (Å²) >= 11 is 0. The van der Waals surface area contributed by atoms with Crippen molar-refractivity contribution in [3.8, 4) is 5.75 Å². The molecule has 0 spiro atoms. The van der Waals surface area contributed by atoms with Gasteiger partial charge < -0.3 is 14.5 Å². The van der Waals surface area contributed by atoms with Gasteiger partial charge in [0.25, 0.3) is 0 Å². The fourth-order valence-corrected chi connectivity index (χ4v) is 2.82. The van der Waals surface area contributed by atoms with Crippen LogP contribution in [0.1, 0.15) is 34.3 Å². The number of hydrogen-bond acceptors (Lipinski definition) is 3. The summed E-state index contributed by atoms with van der Waals surface area (Å²) in [6.07, 6.45) is 1.00. The molecule has 0 radical (unpaired) electrons. The molecular formula is C16H19NO2. The Hall–Kier alpha value is -1.74. The average Bonchev–Trinajstić information content (AvgIpc) is 2.97. The number of ether oxygens (including phenoxy) is 1. The van der Waals surface area contributed by atoms with Gasteiger partial charge >= 0.3 is 0 Å². The van der Waals surface area contributed by atoms with Crippen molar-refractivity contribution < 1.29 is 9.15 Å². The summed E-state index contributed by atoms with van der Waals surface area (Å²) in [5.41, 5.74) is 3.77. The Kier molecular flexibility index (Phi) is 3.07. The zero-order chi connectivity index (χ0) is 13.4. The van der Waals surface area contributed by atoms with Gasteiger partial charge in [0, 0.05) is 12.0 Å². The molecule has 0 saturated carbocycles. The zero-order valence-electron chi connectivity index (χ0n) is 11.6. The van der Waals surface area contributed by atoms with Crippen molar-refractivity contribution in [3.05, 3.63) is 52.5 Å². The quantitative estimate of drug-likeness (QED) is 0.917. The van der Waals surface area contributed by atoms with E-state index in [1.54, 1.807) is 0 Å². The van der Waals surface area contributed by atoms with Crippen LogP contribution in [-0.4, -0.2) is 13.7 Å². The first kappa shape index (κ1) is 12.3. The van der Waals surface area contributed by atoms with Crippen molar-refractivity contribution in [2.75, 3.05) is 13.7 Å². The third kappa shape index (κ3) is 2.15. The van der Waals surface area contributed by atoms with Gasteiger partial charge in [-0.3, -0.25) is 0 Å². The van der Waals surface area contributed by atoms with Crippen LogP contribution in [0.3, 0.4) is 0 Å². The maximum Gasteiger partial charge on any atom is 0.122 e. The van der Waals surface area contributed by atoms with E-state index < -0.39 is 0 Å². The summed E-state index contributed by atoms with van der Waals surface area (Å²) < 4.78 is 11.2. The van der Waals surface area contributed by atoms with Crippen LogP contribution < -0.4 is 10.1 Å². The second kappa shape index (κ2) is 4.74. The molecule has 3 nitrogen and oxygen atoms in total. The number of nitrogens with one attached hydrogen (secondary N) is 1. The van der Waals surface area contributed by atoms with Crippen LogP contribution in [0, 0.1) is 13.8 Å². The van der Waals surface area contributed by atoms with Crippen LogP contribution in [0.25, 0.3) is 0 Å². The van der Waals surface area contributed by atoms with Crippen LogP contribution >= 0.6 is 0 Å². The summed E-state index contributed by atoms with van der Waals surface area (Å²) in [4.78, 5) is 0. The Balaban J connectivity index is 2.00. The number of fused-ring (bicyclic) bond motifs is 1. The van der Waals surface area contributed by atoms with Gasteiger partial charge in [-0.1, -0.05) is 12.1 Å². The second-order valence-corrected chi connectivity index (χ2v) is 5.06. The monoisotopic (exact) mass is 257 g/mol. The third-order valence-electron chi connectivity index (χ3n) is 3.73. The van der Waals surface area contributed by atoms with E-state index in [1.165, 1.54) is 16.7 Å². The number of benzene rings is 1. The van der Waals surface area contributed by atoms with Gasteiger partial charge in [0.1, 0.15) is 17.3 Å². The smallest absolute Gasteiger partial charge is 0.122 e. The Labute approximate surface area is 113 Å². The Bertz CT molecular complexity index is 601. The first-order valence-electron chi connectivity index (χ1n) is 6.69. The van der Waals surface area contributed by atoms with Gasteiger partial charge in [0.15, 0.2) is 0 Å². The normalized spacial score (nSPS) is 15.1. The van der Waals surface area contributed by atoms with E-state index in [-0.39, 0.29) is 6.04 Å². The van der Waals surface area contributed by atoms with E-state index in [0.29, 0.717) is 0 Å². The third-order valence-corrected chi connectivity index (χ3v) is 3.73. The van der Waals surface area contributed by atoms with Crippen LogP contribution in [0.15, 0.2) is 28.7 Å². The molecule has 0 fully saturated rings. The highest BCUT2D eigenvalue weighted by Gasteiger charge is 2.20. The van der Waals surface area contributed by atoms with Crippen LogP contribution in [0.5, 0.6) is 5.75 Å². The zero-order valence-corrected chi connectivity index (χ0v) is 11.6.